The molecule has 1 aromatic carbocycles. The van der Waals surface area contributed by atoms with Crippen molar-refractivity contribution < 1.29 is 9.90 Å². The van der Waals surface area contributed by atoms with E-state index in [1.54, 1.807) is 6.07 Å². The van der Waals surface area contributed by atoms with Gasteiger partial charge in [-0.15, -0.1) is 0 Å². The first-order valence-corrected chi connectivity index (χ1v) is 4.56. The van der Waals surface area contributed by atoms with E-state index in [0.29, 0.717) is 5.56 Å². The fourth-order valence-electron chi connectivity index (χ4n) is 1.08. The summed E-state index contributed by atoms with van der Waals surface area (Å²) in [5.74, 6) is -1.01. The lowest BCUT2D eigenvalue weighted by atomic mass is 10.0. The molecule has 0 aliphatic heterocycles. The minimum atomic E-state index is -1.01. The van der Waals surface area contributed by atoms with Gasteiger partial charge in [-0.1, -0.05) is 22.0 Å². The zero-order valence-electron chi connectivity index (χ0n) is 7.12. The number of carbonyl (C=O) groups is 1. The van der Waals surface area contributed by atoms with Gasteiger partial charge in [-0.25, -0.2) is 0 Å². The molecule has 0 bridgehead atoms. The summed E-state index contributed by atoms with van der Waals surface area (Å²) in [6, 6.07) is 4.47. The lowest BCUT2D eigenvalue weighted by Gasteiger charge is -2.10. The van der Waals surface area contributed by atoms with Gasteiger partial charge in [-0.2, -0.15) is 0 Å². The van der Waals surface area contributed by atoms with Gasteiger partial charge in [-0.3, -0.25) is 4.79 Å². The molecule has 4 heteroatoms. The Kier molecular flexibility index (Phi) is 3.06. The van der Waals surface area contributed by atoms with Crippen molar-refractivity contribution in [3.05, 3.63) is 33.8 Å². The van der Waals surface area contributed by atoms with E-state index in [9.17, 15) is 4.79 Å². The molecule has 0 heterocycles. The third kappa shape index (κ3) is 2.29. The molecule has 13 heavy (non-hydrogen) atoms. The Hall–Kier alpha value is -0.870. The maximum absolute atomic E-state index is 10.6. The number of benzene rings is 1. The zero-order valence-corrected chi connectivity index (χ0v) is 8.71. The van der Waals surface area contributed by atoms with E-state index in [1.165, 1.54) is 0 Å². The first kappa shape index (κ1) is 10.2. The molecule has 3 N–H and O–H groups in total. The smallest absolute Gasteiger partial charge is 0.325 e. The highest BCUT2D eigenvalue weighted by Gasteiger charge is 2.16. The van der Waals surface area contributed by atoms with Gasteiger partial charge in [0.1, 0.15) is 6.04 Å². The minimum Gasteiger partial charge on any atom is -0.480 e. The van der Waals surface area contributed by atoms with Crippen LogP contribution in [0.25, 0.3) is 0 Å². The monoisotopic (exact) mass is 243 g/mol. The fraction of sp³-hybridized carbons (Fsp3) is 0.222. The maximum atomic E-state index is 10.6. The average molecular weight is 244 g/mol. The van der Waals surface area contributed by atoms with Crippen LogP contribution in [0.5, 0.6) is 0 Å². The molecule has 0 spiro atoms. The first-order valence-electron chi connectivity index (χ1n) is 3.77. The highest BCUT2D eigenvalue weighted by atomic mass is 79.9. The van der Waals surface area contributed by atoms with Crippen molar-refractivity contribution >= 4 is 21.9 Å². The van der Waals surface area contributed by atoms with Crippen molar-refractivity contribution in [1.29, 1.82) is 0 Å². The van der Waals surface area contributed by atoms with Gasteiger partial charge in [0.05, 0.1) is 0 Å². The normalized spacial score (nSPS) is 12.5. The molecule has 1 rings (SSSR count). The second-order valence-electron chi connectivity index (χ2n) is 2.82. The third-order valence-corrected chi connectivity index (χ3v) is 2.34. The molecule has 0 fully saturated rings. The van der Waals surface area contributed by atoms with Gasteiger partial charge < -0.3 is 10.8 Å². The van der Waals surface area contributed by atoms with E-state index in [0.717, 1.165) is 10.0 Å². The number of halogens is 1. The summed E-state index contributed by atoms with van der Waals surface area (Å²) in [7, 11) is 0. The van der Waals surface area contributed by atoms with Gasteiger partial charge >= 0.3 is 5.97 Å². The van der Waals surface area contributed by atoms with Gasteiger partial charge in [0, 0.05) is 4.47 Å². The highest BCUT2D eigenvalue weighted by Crippen LogP contribution is 2.20. The molecular formula is C9H10BrNO2. The van der Waals surface area contributed by atoms with Crippen LogP contribution in [-0.4, -0.2) is 11.1 Å². The van der Waals surface area contributed by atoms with Gasteiger partial charge in [0.15, 0.2) is 0 Å². The van der Waals surface area contributed by atoms with E-state index in [1.807, 2.05) is 19.1 Å². The third-order valence-electron chi connectivity index (χ3n) is 1.84. The van der Waals surface area contributed by atoms with Gasteiger partial charge in [0.2, 0.25) is 0 Å². The van der Waals surface area contributed by atoms with Crippen LogP contribution < -0.4 is 5.73 Å². The molecule has 0 aliphatic rings. The Morgan fingerprint density at radius 1 is 1.62 bits per heavy atom. The van der Waals surface area contributed by atoms with Crippen molar-refractivity contribution in [3.8, 4) is 0 Å². The number of hydrogen-bond acceptors (Lipinski definition) is 2. The average Bonchev–Trinajstić information content (AvgIpc) is 2.08. The SMILES string of the molecule is Cc1ccc(Br)cc1[C@@H](N)C(=O)O. The Balaban J connectivity index is 3.12. The lowest BCUT2D eigenvalue weighted by Crippen LogP contribution is -2.21. The predicted molar refractivity (Wildman–Crippen MR) is 53.4 cm³/mol. The fourth-order valence-corrected chi connectivity index (χ4v) is 1.46. The molecule has 0 aliphatic carbocycles. The molecule has 70 valence electrons. The van der Waals surface area contributed by atoms with Crippen molar-refractivity contribution in [3.63, 3.8) is 0 Å². The topological polar surface area (TPSA) is 63.3 Å². The highest BCUT2D eigenvalue weighted by molar-refractivity contribution is 9.10. The van der Waals surface area contributed by atoms with Crippen LogP contribution in [0.1, 0.15) is 17.2 Å². The van der Waals surface area contributed by atoms with Crippen LogP contribution in [0.15, 0.2) is 22.7 Å². The van der Waals surface area contributed by atoms with Crippen LogP contribution in [0.3, 0.4) is 0 Å². The number of carboxylic acids is 1. The van der Waals surface area contributed by atoms with Crippen molar-refractivity contribution in [2.24, 2.45) is 5.73 Å². The number of rotatable bonds is 2. The number of carboxylic acid groups (broad SMARTS) is 1. The van der Waals surface area contributed by atoms with Crippen molar-refractivity contribution in [1.82, 2.24) is 0 Å². The summed E-state index contributed by atoms with van der Waals surface area (Å²) in [4.78, 5) is 10.6. The quantitative estimate of drug-likeness (QED) is 0.834. The summed E-state index contributed by atoms with van der Waals surface area (Å²) in [5.41, 5.74) is 7.01. The first-order chi connectivity index (χ1) is 6.02. The molecular weight excluding hydrogens is 234 g/mol. The minimum absolute atomic E-state index is 0.641. The summed E-state index contributed by atoms with van der Waals surface area (Å²) < 4.78 is 0.838. The van der Waals surface area contributed by atoms with Crippen molar-refractivity contribution in [2.45, 2.75) is 13.0 Å². The summed E-state index contributed by atoms with van der Waals surface area (Å²) in [5, 5.41) is 8.71. The van der Waals surface area contributed by atoms with Crippen LogP contribution >= 0.6 is 15.9 Å². The van der Waals surface area contributed by atoms with Gasteiger partial charge in [0.25, 0.3) is 0 Å². The Morgan fingerprint density at radius 2 is 2.23 bits per heavy atom. The molecule has 0 saturated carbocycles. The van der Waals surface area contributed by atoms with Crippen LogP contribution in [0.4, 0.5) is 0 Å². The van der Waals surface area contributed by atoms with Crippen LogP contribution in [0.2, 0.25) is 0 Å². The van der Waals surface area contributed by atoms with E-state index in [2.05, 4.69) is 15.9 Å². The molecule has 1 atom stereocenters. The zero-order chi connectivity index (χ0) is 10.0. The summed E-state index contributed by atoms with van der Waals surface area (Å²) in [6.07, 6.45) is 0. The van der Waals surface area contributed by atoms with E-state index in [-0.39, 0.29) is 0 Å². The maximum Gasteiger partial charge on any atom is 0.325 e. The largest absolute Gasteiger partial charge is 0.480 e. The van der Waals surface area contributed by atoms with E-state index >= 15 is 0 Å². The molecule has 3 nitrogen and oxygen atoms in total. The molecule has 0 radical (unpaired) electrons. The van der Waals surface area contributed by atoms with E-state index in [4.69, 9.17) is 10.8 Å². The van der Waals surface area contributed by atoms with E-state index < -0.39 is 12.0 Å². The Bertz CT molecular complexity index is 338. The number of aliphatic carboxylic acids is 1. The summed E-state index contributed by atoms with van der Waals surface area (Å²) >= 11 is 3.27. The van der Waals surface area contributed by atoms with Crippen LogP contribution in [-0.2, 0) is 4.79 Å². The molecule has 0 unspecified atom stereocenters. The molecule has 0 amide bonds. The second kappa shape index (κ2) is 3.89. The number of hydrogen-bond donors (Lipinski definition) is 2. The molecule has 1 aromatic rings. The number of nitrogens with two attached hydrogens (primary N) is 1. The molecule has 0 aromatic heterocycles. The standard InChI is InChI=1S/C9H10BrNO2/c1-5-2-3-6(10)4-7(5)8(11)9(12)13/h2-4,8H,11H2,1H3,(H,12,13)/t8-/m1/s1. The van der Waals surface area contributed by atoms with Gasteiger partial charge in [-0.05, 0) is 30.2 Å². The number of aryl methyl sites for hydroxylation is 1. The Labute approximate surface area is 84.7 Å². The predicted octanol–water partition coefficient (Wildman–Crippen LogP) is 1.84. The molecule has 0 saturated heterocycles. The van der Waals surface area contributed by atoms with Crippen LogP contribution in [0, 0.1) is 6.92 Å². The second-order valence-corrected chi connectivity index (χ2v) is 3.73. The summed E-state index contributed by atoms with van der Waals surface area (Å²) in [6.45, 7) is 1.84. The lowest BCUT2D eigenvalue weighted by molar-refractivity contribution is -0.138. The Morgan fingerprint density at radius 3 is 2.77 bits per heavy atom. The van der Waals surface area contributed by atoms with Crippen molar-refractivity contribution in [2.75, 3.05) is 0 Å².